The molecule has 0 radical (unpaired) electrons. The van der Waals surface area contributed by atoms with Crippen LogP contribution in [0.5, 0.6) is 11.5 Å². The number of pyridine rings is 2. The molecule has 4 aromatic rings. The van der Waals surface area contributed by atoms with Gasteiger partial charge in [-0.15, -0.1) is 0 Å². The number of fused-ring (bicyclic) bond motifs is 2. The van der Waals surface area contributed by atoms with Gasteiger partial charge in [-0.05, 0) is 49.9 Å². The first kappa shape index (κ1) is 43.3. The van der Waals surface area contributed by atoms with Gasteiger partial charge in [-0.3, -0.25) is 9.98 Å². The van der Waals surface area contributed by atoms with Crippen molar-refractivity contribution in [3.8, 4) is 11.5 Å². The third-order valence-electron chi connectivity index (χ3n) is 11.4. The average Bonchev–Trinajstić information content (AvgIpc) is 3.23. The van der Waals surface area contributed by atoms with Crippen LogP contribution in [0.2, 0.25) is 0 Å². The fourth-order valence-corrected chi connectivity index (χ4v) is 7.97. The van der Waals surface area contributed by atoms with Crippen molar-refractivity contribution in [1.29, 1.82) is 0 Å². The number of hydrogen-bond acceptors (Lipinski definition) is 6. The fraction of sp³-hybridized carbons (Fsp3) is 0.600. The van der Waals surface area contributed by atoms with Crippen LogP contribution in [-0.4, -0.2) is 47.7 Å². The van der Waals surface area contributed by atoms with Crippen LogP contribution in [0.4, 0.5) is 0 Å². The van der Waals surface area contributed by atoms with Gasteiger partial charge in [0.2, 0.25) is 0 Å². The van der Waals surface area contributed by atoms with E-state index in [9.17, 15) is 0 Å². The summed E-state index contributed by atoms with van der Waals surface area (Å²) >= 11 is 0. The Kier molecular flexibility index (Phi) is 20.3. The summed E-state index contributed by atoms with van der Waals surface area (Å²) in [7, 11) is 0. The first-order valence-electron chi connectivity index (χ1n) is 22.9. The molecule has 1 aliphatic carbocycles. The molecule has 1 saturated carbocycles. The van der Waals surface area contributed by atoms with Gasteiger partial charge in [0.15, 0.2) is 0 Å². The maximum absolute atomic E-state index is 6.28. The second-order valence-electron chi connectivity index (χ2n) is 16.2. The smallest absolute Gasteiger partial charge is 0.145 e. The van der Waals surface area contributed by atoms with Crippen LogP contribution in [0.15, 0.2) is 70.6 Å². The van der Waals surface area contributed by atoms with E-state index in [1.165, 1.54) is 128 Å². The lowest BCUT2D eigenvalue weighted by atomic mass is 9.91. The van der Waals surface area contributed by atoms with E-state index in [1.54, 1.807) is 0 Å². The lowest BCUT2D eigenvalue weighted by Gasteiger charge is -2.25. The van der Waals surface area contributed by atoms with Crippen molar-refractivity contribution in [2.24, 2.45) is 9.98 Å². The van der Waals surface area contributed by atoms with Gasteiger partial charge < -0.3 is 9.47 Å². The SMILES string of the molecule is CCCCCCCCCCCCOc1cccc2ccc(C=N[C@@H]3CCCC[C@H]3N=Cc3ccc4cccc(OCCCCCCCCCCCC)c4n3)nc12. The fourth-order valence-electron chi connectivity index (χ4n) is 7.97. The maximum atomic E-state index is 6.28. The molecule has 0 unspecified atom stereocenters. The van der Waals surface area contributed by atoms with Crippen molar-refractivity contribution >= 4 is 34.2 Å². The maximum Gasteiger partial charge on any atom is 0.145 e. The number of aliphatic imine (C=N–C) groups is 2. The second kappa shape index (κ2) is 26.2. The van der Waals surface area contributed by atoms with Gasteiger partial charge in [0.25, 0.3) is 0 Å². The summed E-state index contributed by atoms with van der Waals surface area (Å²) in [6.45, 7) is 6.03. The van der Waals surface area contributed by atoms with Crippen LogP contribution in [0.25, 0.3) is 21.8 Å². The molecule has 0 N–H and O–H groups in total. The summed E-state index contributed by atoms with van der Waals surface area (Å²) in [4.78, 5) is 20.2. The number of ether oxygens (including phenoxy) is 2. The molecule has 1 aliphatic rings. The highest BCUT2D eigenvalue weighted by Crippen LogP contribution is 2.28. The predicted octanol–water partition coefficient (Wildman–Crippen LogP) is 14.2. The Labute approximate surface area is 339 Å². The number of aromatic nitrogens is 2. The zero-order valence-electron chi connectivity index (χ0n) is 35.1. The number of benzene rings is 2. The van der Waals surface area contributed by atoms with E-state index in [2.05, 4.69) is 62.4 Å². The van der Waals surface area contributed by atoms with Crippen LogP contribution in [0.3, 0.4) is 0 Å². The Morgan fingerprint density at radius 1 is 0.482 bits per heavy atom. The van der Waals surface area contributed by atoms with Crippen molar-refractivity contribution < 1.29 is 9.47 Å². The number of rotatable bonds is 28. The molecular formula is C50H72N4O2. The summed E-state index contributed by atoms with van der Waals surface area (Å²) in [6.07, 6.45) is 34.7. The van der Waals surface area contributed by atoms with Crippen molar-refractivity contribution in [3.63, 3.8) is 0 Å². The molecule has 2 aromatic heterocycles. The van der Waals surface area contributed by atoms with Crippen LogP contribution < -0.4 is 9.47 Å². The lowest BCUT2D eigenvalue weighted by Crippen LogP contribution is -2.27. The van der Waals surface area contributed by atoms with E-state index in [0.29, 0.717) is 0 Å². The molecule has 0 saturated heterocycles. The minimum absolute atomic E-state index is 0.126. The Bertz CT molecular complexity index is 1610. The molecule has 0 spiro atoms. The third-order valence-corrected chi connectivity index (χ3v) is 11.4. The molecule has 0 aliphatic heterocycles. The molecule has 6 nitrogen and oxygen atoms in total. The Hall–Kier alpha value is -3.80. The Balaban J connectivity index is 1.10. The summed E-state index contributed by atoms with van der Waals surface area (Å²) < 4.78 is 12.6. The largest absolute Gasteiger partial charge is 0.491 e. The van der Waals surface area contributed by atoms with E-state index in [0.717, 1.165) is 83.6 Å². The standard InChI is InChI=1S/C50H72N4O2/c1-3-5-7-9-11-13-15-17-19-23-37-55-47-31-25-27-41-33-35-43(53-49(41)47)39-51-45-29-21-22-30-46(45)52-40-44-36-34-42-28-26-32-48(50(42)54-44)56-38-24-20-18-16-14-12-10-8-6-4-2/h25-28,31-36,39-40,45-46H,3-24,29-30,37-38H2,1-2H3/t45-,46-/m1/s1. The van der Waals surface area contributed by atoms with Crippen molar-refractivity contribution in [3.05, 3.63) is 72.1 Å². The lowest BCUT2D eigenvalue weighted by molar-refractivity contribution is 0.307. The topological polar surface area (TPSA) is 69.0 Å². The molecular weight excluding hydrogens is 689 g/mol. The quantitative estimate of drug-likeness (QED) is 0.0427. The van der Waals surface area contributed by atoms with E-state index >= 15 is 0 Å². The van der Waals surface area contributed by atoms with Gasteiger partial charge >= 0.3 is 0 Å². The summed E-state index contributed by atoms with van der Waals surface area (Å²) in [5, 5.41) is 2.19. The average molecular weight is 761 g/mol. The van der Waals surface area contributed by atoms with Gasteiger partial charge in [0, 0.05) is 23.2 Å². The van der Waals surface area contributed by atoms with Crippen molar-refractivity contribution in [2.75, 3.05) is 13.2 Å². The highest BCUT2D eigenvalue weighted by atomic mass is 16.5. The molecule has 0 bridgehead atoms. The van der Waals surface area contributed by atoms with Gasteiger partial charge in [-0.25, -0.2) is 9.97 Å². The molecule has 5 rings (SSSR count). The van der Waals surface area contributed by atoms with Crippen LogP contribution >= 0.6 is 0 Å². The molecule has 0 amide bonds. The zero-order chi connectivity index (χ0) is 38.9. The monoisotopic (exact) mass is 761 g/mol. The Morgan fingerprint density at radius 2 is 0.857 bits per heavy atom. The van der Waals surface area contributed by atoms with Gasteiger partial charge in [0.1, 0.15) is 22.5 Å². The highest BCUT2D eigenvalue weighted by Gasteiger charge is 2.23. The predicted molar refractivity (Wildman–Crippen MR) is 239 cm³/mol. The molecule has 304 valence electrons. The molecule has 1 fully saturated rings. The van der Waals surface area contributed by atoms with E-state index in [1.807, 2.05) is 24.6 Å². The third kappa shape index (κ3) is 15.3. The Morgan fingerprint density at radius 3 is 1.25 bits per heavy atom. The molecule has 2 aromatic carbocycles. The summed E-state index contributed by atoms with van der Waals surface area (Å²) in [6, 6.07) is 21.1. The minimum Gasteiger partial charge on any atom is -0.491 e. The summed E-state index contributed by atoms with van der Waals surface area (Å²) in [5.41, 5.74) is 3.55. The minimum atomic E-state index is 0.126. The first-order chi connectivity index (χ1) is 27.7. The molecule has 2 atom stereocenters. The zero-order valence-corrected chi connectivity index (χ0v) is 35.1. The van der Waals surface area contributed by atoms with Gasteiger partial charge in [0.05, 0.1) is 36.7 Å². The molecule has 56 heavy (non-hydrogen) atoms. The van der Waals surface area contributed by atoms with Crippen molar-refractivity contribution in [1.82, 2.24) is 9.97 Å². The number of unbranched alkanes of at least 4 members (excludes halogenated alkanes) is 18. The number of para-hydroxylation sites is 2. The number of hydrogen-bond donors (Lipinski definition) is 0. The van der Waals surface area contributed by atoms with Gasteiger partial charge in [-0.2, -0.15) is 0 Å². The summed E-state index contributed by atoms with van der Waals surface area (Å²) in [5.74, 6) is 1.73. The van der Waals surface area contributed by atoms with Crippen LogP contribution in [0, 0.1) is 0 Å². The van der Waals surface area contributed by atoms with E-state index in [-0.39, 0.29) is 12.1 Å². The van der Waals surface area contributed by atoms with Crippen LogP contribution in [0.1, 0.15) is 179 Å². The highest BCUT2D eigenvalue weighted by molar-refractivity contribution is 5.90. The van der Waals surface area contributed by atoms with Gasteiger partial charge in [-0.1, -0.05) is 179 Å². The molecule has 2 heterocycles. The van der Waals surface area contributed by atoms with Crippen LogP contribution in [-0.2, 0) is 0 Å². The van der Waals surface area contributed by atoms with E-state index in [4.69, 9.17) is 29.4 Å². The van der Waals surface area contributed by atoms with E-state index < -0.39 is 0 Å². The number of nitrogens with zero attached hydrogens (tertiary/aromatic N) is 4. The normalized spacial score (nSPS) is 16.1. The van der Waals surface area contributed by atoms with Crippen molar-refractivity contribution in [2.45, 2.75) is 180 Å². The first-order valence-corrected chi connectivity index (χ1v) is 22.9. The molecule has 6 heteroatoms. The second-order valence-corrected chi connectivity index (χ2v) is 16.2.